The van der Waals surface area contributed by atoms with Crippen molar-refractivity contribution in [1.29, 1.82) is 0 Å². The molecule has 15 heavy (non-hydrogen) atoms. The SMILES string of the molecule is C#CC1(C2CC2)CCC2(CC1)OCCO2. The number of rotatable bonds is 1. The van der Waals surface area contributed by atoms with E-state index in [-0.39, 0.29) is 11.2 Å². The van der Waals surface area contributed by atoms with Crippen LogP contribution in [0.25, 0.3) is 0 Å². The van der Waals surface area contributed by atoms with Crippen LogP contribution in [0.4, 0.5) is 0 Å². The Bertz CT molecular complexity index is 282. The lowest BCUT2D eigenvalue weighted by atomic mass is 9.69. The van der Waals surface area contributed by atoms with Gasteiger partial charge in [-0.15, -0.1) is 6.42 Å². The first kappa shape index (κ1) is 9.69. The van der Waals surface area contributed by atoms with E-state index in [2.05, 4.69) is 5.92 Å². The highest BCUT2D eigenvalue weighted by Crippen LogP contribution is 2.55. The summed E-state index contributed by atoms with van der Waals surface area (Å²) in [6.45, 7) is 1.51. The molecule has 0 radical (unpaired) electrons. The summed E-state index contributed by atoms with van der Waals surface area (Å²) in [4.78, 5) is 0. The van der Waals surface area contributed by atoms with Gasteiger partial charge in [0.2, 0.25) is 0 Å². The van der Waals surface area contributed by atoms with Gasteiger partial charge < -0.3 is 9.47 Å². The summed E-state index contributed by atoms with van der Waals surface area (Å²) in [5.41, 5.74) is 0.181. The van der Waals surface area contributed by atoms with E-state index >= 15 is 0 Å². The molecule has 1 saturated heterocycles. The Morgan fingerprint density at radius 2 is 1.60 bits per heavy atom. The highest BCUT2D eigenvalue weighted by Gasteiger charge is 2.51. The van der Waals surface area contributed by atoms with Gasteiger partial charge in [0.05, 0.1) is 13.2 Å². The predicted octanol–water partition coefficient (Wildman–Crippen LogP) is 2.33. The molecule has 2 heteroatoms. The molecule has 0 unspecified atom stereocenters. The fraction of sp³-hybridized carbons (Fsp3) is 0.846. The second-order valence-corrected chi connectivity index (χ2v) is 5.18. The van der Waals surface area contributed by atoms with E-state index < -0.39 is 0 Å². The molecule has 2 saturated carbocycles. The number of hydrogen-bond donors (Lipinski definition) is 0. The fourth-order valence-corrected chi connectivity index (χ4v) is 3.17. The molecule has 0 aromatic heterocycles. The largest absolute Gasteiger partial charge is 0.348 e. The van der Waals surface area contributed by atoms with Crippen LogP contribution in [0.1, 0.15) is 38.5 Å². The van der Waals surface area contributed by atoms with E-state index in [0.29, 0.717) is 0 Å². The average molecular weight is 206 g/mol. The summed E-state index contributed by atoms with van der Waals surface area (Å²) in [6, 6.07) is 0. The first-order chi connectivity index (χ1) is 7.29. The summed E-state index contributed by atoms with van der Waals surface area (Å²) in [5.74, 6) is 3.61. The quantitative estimate of drug-likeness (QED) is 0.613. The third-order valence-electron chi connectivity index (χ3n) is 4.36. The molecule has 0 N–H and O–H groups in total. The van der Waals surface area contributed by atoms with E-state index in [4.69, 9.17) is 15.9 Å². The minimum absolute atomic E-state index is 0.181. The summed E-state index contributed by atoms with van der Waals surface area (Å²) in [6.07, 6.45) is 12.6. The van der Waals surface area contributed by atoms with Crippen LogP contribution in [-0.4, -0.2) is 19.0 Å². The minimum atomic E-state index is -0.255. The summed E-state index contributed by atoms with van der Waals surface area (Å²) >= 11 is 0. The first-order valence-corrected chi connectivity index (χ1v) is 6.04. The van der Waals surface area contributed by atoms with Crippen LogP contribution in [-0.2, 0) is 9.47 Å². The predicted molar refractivity (Wildman–Crippen MR) is 57.1 cm³/mol. The lowest BCUT2D eigenvalue weighted by Crippen LogP contribution is -2.40. The van der Waals surface area contributed by atoms with Crippen LogP contribution in [0.15, 0.2) is 0 Å². The Balaban J connectivity index is 1.71. The molecule has 3 rings (SSSR count). The van der Waals surface area contributed by atoms with E-state index in [1.54, 1.807) is 0 Å². The maximum Gasteiger partial charge on any atom is 0.168 e. The zero-order valence-corrected chi connectivity index (χ0v) is 9.13. The van der Waals surface area contributed by atoms with Gasteiger partial charge in [0.1, 0.15) is 0 Å². The molecule has 0 atom stereocenters. The van der Waals surface area contributed by atoms with E-state index in [0.717, 1.165) is 44.8 Å². The third-order valence-corrected chi connectivity index (χ3v) is 4.36. The summed E-state index contributed by atoms with van der Waals surface area (Å²) < 4.78 is 11.5. The van der Waals surface area contributed by atoms with E-state index in [1.165, 1.54) is 12.8 Å². The Morgan fingerprint density at radius 1 is 1.00 bits per heavy atom. The number of terminal acetylenes is 1. The Hall–Kier alpha value is -0.520. The standard InChI is InChI=1S/C13H18O2/c1-2-12(11-3-4-11)5-7-13(8-6-12)14-9-10-15-13/h1,11H,3-10H2. The zero-order valence-electron chi connectivity index (χ0n) is 9.13. The molecule has 1 heterocycles. The van der Waals surface area contributed by atoms with Crippen LogP contribution < -0.4 is 0 Å². The summed E-state index contributed by atoms with van der Waals surface area (Å²) in [7, 11) is 0. The average Bonchev–Trinajstić information content (AvgIpc) is 3.04. The van der Waals surface area contributed by atoms with Gasteiger partial charge in [0, 0.05) is 18.3 Å². The molecule has 1 aliphatic heterocycles. The highest BCUT2D eigenvalue weighted by molar-refractivity contribution is 5.14. The zero-order chi connectivity index (χ0) is 10.4. The van der Waals surface area contributed by atoms with Crippen molar-refractivity contribution in [2.45, 2.75) is 44.3 Å². The van der Waals surface area contributed by atoms with Crippen LogP contribution in [0, 0.1) is 23.7 Å². The molecule has 3 aliphatic rings. The van der Waals surface area contributed by atoms with E-state index in [1.807, 2.05) is 0 Å². The van der Waals surface area contributed by atoms with Crippen LogP contribution in [0.2, 0.25) is 0 Å². The van der Waals surface area contributed by atoms with Crippen LogP contribution in [0.5, 0.6) is 0 Å². The highest BCUT2D eigenvalue weighted by atomic mass is 16.7. The van der Waals surface area contributed by atoms with Crippen molar-refractivity contribution in [2.24, 2.45) is 11.3 Å². The van der Waals surface area contributed by atoms with Gasteiger partial charge >= 0.3 is 0 Å². The van der Waals surface area contributed by atoms with Crippen molar-refractivity contribution in [3.63, 3.8) is 0 Å². The molecule has 82 valence electrons. The Labute approximate surface area is 91.3 Å². The van der Waals surface area contributed by atoms with Gasteiger partial charge in [-0.2, -0.15) is 0 Å². The molecule has 0 aromatic carbocycles. The molecule has 1 spiro atoms. The minimum Gasteiger partial charge on any atom is -0.348 e. The first-order valence-electron chi connectivity index (χ1n) is 6.04. The van der Waals surface area contributed by atoms with Gasteiger partial charge in [-0.3, -0.25) is 0 Å². The van der Waals surface area contributed by atoms with Gasteiger partial charge in [-0.05, 0) is 31.6 Å². The van der Waals surface area contributed by atoms with Crippen molar-refractivity contribution in [3.8, 4) is 12.3 Å². The van der Waals surface area contributed by atoms with Crippen molar-refractivity contribution >= 4 is 0 Å². The fourth-order valence-electron chi connectivity index (χ4n) is 3.17. The molecule has 2 aliphatic carbocycles. The smallest absolute Gasteiger partial charge is 0.168 e. The normalized spacial score (nSPS) is 32.7. The van der Waals surface area contributed by atoms with Crippen molar-refractivity contribution in [1.82, 2.24) is 0 Å². The number of hydrogen-bond acceptors (Lipinski definition) is 2. The van der Waals surface area contributed by atoms with Gasteiger partial charge in [0.15, 0.2) is 5.79 Å². The number of ether oxygens (including phenoxy) is 2. The molecule has 0 bridgehead atoms. The second-order valence-electron chi connectivity index (χ2n) is 5.18. The summed E-state index contributed by atoms with van der Waals surface area (Å²) in [5, 5.41) is 0. The van der Waals surface area contributed by atoms with Crippen molar-refractivity contribution in [2.75, 3.05) is 13.2 Å². The van der Waals surface area contributed by atoms with Gasteiger partial charge in [-0.25, -0.2) is 0 Å². The second kappa shape index (κ2) is 3.23. The molecular weight excluding hydrogens is 188 g/mol. The Kier molecular flexibility index (Phi) is 2.09. The lowest BCUT2D eigenvalue weighted by molar-refractivity contribution is -0.188. The monoisotopic (exact) mass is 206 g/mol. The molecule has 3 fully saturated rings. The van der Waals surface area contributed by atoms with Gasteiger partial charge in [0.25, 0.3) is 0 Å². The maximum atomic E-state index is 5.73. The maximum absolute atomic E-state index is 5.73. The molecule has 2 nitrogen and oxygen atoms in total. The topological polar surface area (TPSA) is 18.5 Å². The third kappa shape index (κ3) is 1.49. The van der Waals surface area contributed by atoms with Crippen molar-refractivity contribution in [3.05, 3.63) is 0 Å². The van der Waals surface area contributed by atoms with Crippen LogP contribution in [0.3, 0.4) is 0 Å². The molecule has 0 amide bonds. The molecular formula is C13H18O2. The van der Waals surface area contributed by atoms with Crippen molar-refractivity contribution < 1.29 is 9.47 Å². The van der Waals surface area contributed by atoms with Gasteiger partial charge in [-0.1, -0.05) is 5.92 Å². The van der Waals surface area contributed by atoms with E-state index in [9.17, 15) is 0 Å². The Morgan fingerprint density at radius 3 is 2.07 bits per heavy atom. The molecule has 0 aromatic rings. The lowest BCUT2D eigenvalue weighted by Gasteiger charge is -2.41. The van der Waals surface area contributed by atoms with Crippen LogP contribution >= 0.6 is 0 Å².